The van der Waals surface area contributed by atoms with Crippen molar-refractivity contribution in [3.8, 4) is 5.82 Å². The quantitative estimate of drug-likeness (QED) is 0.599. The van der Waals surface area contributed by atoms with Crippen molar-refractivity contribution in [3.05, 3.63) is 49.1 Å². The molecule has 4 heterocycles. The van der Waals surface area contributed by atoms with Crippen LogP contribution in [-0.4, -0.2) is 39.3 Å². The zero-order valence-corrected chi connectivity index (χ0v) is 12.3. The van der Waals surface area contributed by atoms with E-state index in [2.05, 4.69) is 35.3 Å². The summed E-state index contributed by atoms with van der Waals surface area (Å²) in [5.41, 5.74) is 2.51. The van der Waals surface area contributed by atoms with Crippen LogP contribution in [0.5, 0.6) is 0 Å². The molecule has 0 radical (unpaired) electrons. The third kappa shape index (κ3) is 2.48. The lowest BCUT2D eigenvalue weighted by molar-refractivity contribution is 0.826. The molecule has 0 aromatic carbocycles. The molecule has 4 aromatic heterocycles. The molecule has 1 N–H and O–H groups in total. The molecule has 9 nitrogen and oxygen atoms in total. The third-order valence-electron chi connectivity index (χ3n) is 3.39. The highest BCUT2D eigenvalue weighted by Crippen LogP contribution is 2.13. The van der Waals surface area contributed by atoms with Crippen LogP contribution in [-0.2, 0) is 13.6 Å². The number of hydrogen-bond acceptors (Lipinski definition) is 7. The first kappa shape index (κ1) is 13.3. The highest BCUT2D eigenvalue weighted by molar-refractivity contribution is 5.70. The molecule has 0 bridgehead atoms. The lowest BCUT2D eigenvalue weighted by Gasteiger charge is -2.09. The van der Waals surface area contributed by atoms with Crippen LogP contribution in [0.4, 0.5) is 5.95 Å². The van der Waals surface area contributed by atoms with Crippen molar-refractivity contribution in [1.29, 1.82) is 0 Å². The number of hydrogen-bond donors (Lipinski definition) is 1. The highest BCUT2D eigenvalue weighted by Gasteiger charge is 2.08. The fraction of sp³-hybridized carbons (Fsp3) is 0.143. The molecule has 0 unspecified atom stereocenters. The van der Waals surface area contributed by atoms with Gasteiger partial charge in [-0.2, -0.15) is 10.1 Å². The van der Waals surface area contributed by atoms with E-state index in [1.165, 1.54) is 6.33 Å². The highest BCUT2D eigenvalue weighted by atomic mass is 15.3. The van der Waals surface area contributed by atoms with Crippen LogP contribution >= 0.6 is 0 Å². The number of imidazole rings is 1. The van der Waals surface area contributed by atoms with Crippen molar-refractivity contribution >= 4 is 17.1 Å². The SMILES string of the molecule is Cn1cnc2cnc(NCc3cccnc3-n3cncn3)nc21. The van der Waals surface area contributed by atoms with E-state index in [4.69, 9.17) is 0 Å². The Morgan fingerprint density at radius 3 is 3.00 bits per heavy atom. The van der Waals surface area contributed by atoms with Gasteiger partial charge >= 0.3 is 0 Å². The Kier molecular flexibility index (Phi) is 3.15. The van der Waals surface area contributed by atoms with E-state index in [0.29, 0.717) is 12.5 Å². The van der Waals surface area contributed by atoms with E-state index in [1.54, 1.807) is 29.7 Å². The average molecular weight is 307 g/mol. The van der Waals surface area contributed by atoms with Crippen molar-refractivity contribution < 1.29 is 0 Å². The lowest BCUT2D eigenvalue weighted by Crippen LogP contribution is -2.09. The van der Waals surface area contributed by atoms with E-state index in [-0.39, 0.29) is 0 Å². The van der Waals surface area contributed by atoms with Gasteiger partial charge in [-0.15, -0.1) is 0 Å². The predicted molar refractivity (Wildman–Crippen MR) is 82.8 cm³/mol. The number of fused-ring (bicyclic) bond motifs is 1. The molecule has 9 heteroatoms. The number of aromatic nitrogens is 8. The molecule has 0 saturated carbocycles. The van der Waals surface area contributed by atoms with E-state index >= 15 is 0 Å². The molecule has 0 aliphatic rings. The minimum atomic E-state index is 0.520. The molecule has 23 heavy (non-hydrogen) atoms. The summed E-state index contributed by atoms with van der Waals surface area (Å²) in [5.74, 6) is 1.26. The molecule has 0 aliphatic carbocycles. The van der Waals surface area contributed by atoms with E-state index < -0.39 is 0 Å². The summed E-state index contributed by atoms with van der Waals surface area (Å²) in [4.78, 5) is 21.3. The van der Waals surface area contributed by atoms with E-state index in [0.717, 1.165) is 22.5 Å². The molecule has 4 rings (SSSR count). The van der Waals surface area contributed by atoms with Gasteiger partial charge in [-0.05, 0) is 6.07 Å². The van der Waals surface area contributed by atoms with Gasteiger partial charge in [0, 0.05) is 25.4 Å². The van der Waals surface area contributed by atoms with Gasteiger partial charge in [0.2, 0.25) is 5.95 Å². The van der Waals surface area contributed by atoms with Gasteiger partial charge in [-0.25, -0.2) is 24.6 Å². The Morgan fingerprint density at radius 2 is 2.13 bits per heavy atom. The summed E-state index contributed by atoms with van der Waals surface area (Å²) in [7, 11) is 1.90. The Balaban J connectivity index is 1.60. The van der Waals surface area contributed by atoms with Crippen LogP contribution < -0.4 is 5.32 Å². The first-order valence-corrected chi connectivity index (χ1v) is 6.98. The summed E-state index contributed by atoms with van der Waals surface area (Å²) in [6.07, 6.45) is 8.23. The molecule has 114 valence electrons. The number of anilines is 1. The lowest BCUT2D eigenvalue weighted by atomic mass is 10.2. The van der Waals surface area contributed by atoms with Crippen molar-refractivity contribution in [2.24, 2.45) is 7.05 Å². The maximum Gasteiger partial charge on any atom is 0.225 e. The zero-order valence-electron chi connectivity index (χ0n) is 12.3. The Hall–Kier alpha value is -3.36. The first-order chi connectivity index (χ1) is 11.3. The van der Waals surface area contributed by atoms with Crippen LogP contribution in [0.1, 0.15) is 5.56 Å². The fourth-order valence-corrected chi connectivity index (χ4v) is 2.27. The Bertz CT molecular complexity index is 942. The Labute approximate surface area is 131 Å². The van der Waals surface area contributed by atoms with E-state index in [1.807, 2.05) is 23.7 Å². The number of aryl methyl sites for hydroxylation is 1. The van der Waals surface area contributed by atoms with Gasteiger partial charge < -0.3 is 9.88 Å². The van der Waals surface area contributed by atoms with Crippen LogP contribution in [0.3, 0.4) is 0 Å². The largest absolute Gasteiger partial charge is 0.350 e. The van der Waals surface area contributed by atoms with E-state index in [9.17, 15) is 0 Å². The topological polar surface area (TPSA) is 99.2 Å². The van der Waals surface area contributed by atoms with Gasteiger partial charge in [0.25, 0.3) is 0 Å². The molecule has 0 amide bonds. The zero-order chi connectivity index (χ0) is 15.6. The predicted octanol–water partition coefficient (Wildman–Crippen LogP) is 0.951. The third-order valence-corrected chi connectivity index (χ3v) is 3.39. The number of nitrogens with one attached hydrogen (secondary N) is 1. The van der Waals surface area contributed by atoms with Crippen molar-refractivity contribution in [2.75, 3.05) is 5.32 Å². The van der Waals surface area contributed by atoms with Crippen molar-refractivity contribution in [1.82, 2.24) is 39.3 Å². The van der Waals surface area contributed by atoms with Gasteiger partial charge in [-0.1, -0.05) is 6.07 Å². The monoisotopic (exact) mass is 307 g/mol. The van der Waals surface area contributed by atoms with Crippen molar-refractivity contribution in [3.63, 3.8) is 0 Å². The summed E-state index contributed by atoms with van der Waals surface area (Å²) < 4.78 is 3.48. The summed E-state index contributed by atoms with van der Waals surface area (Å²) >= 11 is 0. The van der Waals surface area contributed by atoms with Crippen LogP contribution in [0.25, 0.3) is 17.0 Å². The fourth-order valence-electron chi connectivity index (χ4n) is 2.27. The molecule has 0 atom stereocenters. The number of pyridine rings is 1. The maximum atomic E-state index is 4.47. The summed E-state index contributed by atoms with van der Waals surface area (Å²) in [5, 5.41) is 7.33. The maximum absolute atomic E-state index is 4.47. The number of rotatable bonds is 4. The minimum Gasteiger partial charge on any atom is -0.350 e. The molecule has 0 spiro atoms. The molecular formula is C14H13N9. The average Bonchev–Trinajstić information content (AvgIpc) is 3.24. The van der Waals surface area contributed by atoms with Gasteiger partial charge in [0.15, 0.2) is 11.5 Å². The minimum absolute atomic E-state index is 0.520. The summed E-state index contributed by atoms with van der Waals surface area (Å²) in [6, 6.07) is 3.85. The second kappa shape index (κ2) is 5.44. The molecule has 0 aliphatic heterocycles. The van der Waals surface area contributed by atoms with Crippen LogP contribution in [0, 0.1) is 0 Å². The molecular weight excluding hydrogens is 294 g/mol. The molecule has 4 aromatic rings. The number of nitrogens with zero attached hydrogens (tertiary/aromatic N) is 8. The van der Waals surface area contributed by atoms with Gasteiger partial charge in [0.1, 0.15) is 18.2 Å². The van der Waals surface area contributed by atoms with Gasteiger partial charge in [0.05, 0.1) is 12.5 Å². The second-order valence-corrected chi connectivity index (χ2v) is 4.94. The van der Waals surface area contributed by atoms with Gasteiger partial charge in [-0.3, -0.25) is 0 Å². The normalized spacial score (nSPS) is 11.0. The molecule has 0 saturated heterocycles. The second-order valence-electron chi connectivity index (χ2n) is 4.94. The smallest absolute Gasteiger partial charge is 0.225 e. The first-order valence-electron chi connectivity index (χ1n) is 6.98. The van der Waals surface area contributed by atoms with Crippen LogP contribution in [0.15, 0.2) is 43.5 Å². The molecule has 0 fully saturated rings. The van der Waals surface area contributed by atoms with Crippen LogP contribution in [0.2, 0.25) is 0 Å². The standard InChI is InChI=1S/C14H13N9/c1-22-9-19-11-6-18-14(21-13(11)22)17-5-10-3-2-4-16-12(10)23-8-15-7-20-23/h2-4,6-9H,5H2,1H3,(H,17,18,21). The summed E-state index contributed by atoms with van der Waals surface area (Å²) in [6.45, 7) is 0.520. The Morgan fingerprint density at radius 1 is 1.17 bits per heavy atom. The van der Waals surface area contributed by atoms with Crippen molar-refractivity contribution in [2.45, 2.75) is 6.54 Å².